The number of halogens is 3. The zero-order valence-electron chi connectivity index (χ0n) is 11.2. The Hall–Kier alpha value is -1.33. The largest absolute Gasteiger partial charge is 0.344 e. The van der Waals surface area contributed by atoms with E-state index in [-0.39, 0.29) is 23.4 Å². The molecule has 1 heterocycles. The molecule has 0 fully saturated rings. The van der Waals surface area contributed by atoms with E-state index in [4.69, 9.17) is 23.2 Å². The Kier molecular flexibility index (Phi) is 4.50. The van der Waals surface area contributed by atoms with Gasteiger partial charge in [-0.3, -0.25) is 4.79 Å². The summed E-state index contributed by atoms with van der Waals surface area (Å²) in [4.78, 5) is 17.9. The topological polar surface area (TPSA) is 38.1 Å². The van der Waals surface area contributed by atoms with Crippen LogP contribution in [0.4, 0.5) is 4.39 Å². The highest BCUT2D eigenvalue weighted by atomic mass is 35.5. The van der Waals surface area contributed by atoms with Crippen LogP contribution in [0.3, 0.4) is 0 Å². The molecule has 0 unspecified atom stereocenters. The van der Waals surface area contributed by atoms with Gasteiger partial charge in [0, 0.05) is 19.7 Å². The highest BCUT2D eigenvalue weighted by Crippen LogP contribution is 2.24. The third kappa shape index (κ3) is 2.74. The molecule has 0 N–H and O–H groups in total. The fraction of sp³-hybridized carbons (Fsp3) is 0.385. The molecule has 2 rings (SSSR count). The van der Waals surface area contributed by atoms with E-state index < -0.39 is 5.82 Å². The van der Waals surface area contributed by atoms with Crippen molar-refractivity contribution in [3.8, 4) is 0 Å². The van der Waals surface area contributed by atoms with Crippen molar-refractivity contribution < 1.29 is 9.18 Å². The van der Waals surface area contributed by atoms with E-state index in [0.717, 1.165) is 0 Å². The summed E-state index contributed by atoms with van der Waals surface area (Å²) in [5.41, 5.74) is 1.04. The van der Waals surface area contributed by atoms with Gasteiger partial charge in [0.2, 0.25) is 5.91 Å². The van der Waals surface area contributed by atoms with Crippen molar-refractivity contribution >= 4 is 40.1 Å². The maximum absolute atomic E-state index is 13.6. The lowest BCUT2D eigenvalue weighted by molar-refractivity contribution is -0.130. The van der Waals surface area contributed by atoms with E-state index in [1.165, 1.54) is 12.1 Å². The Bertz CT molecular complexity index is 657. The van der Waals surface area contributed by atoms with Crippen LogP contribution in [-0.4, -0.2) is 34.0 Å². The minimum absolute atomic E-state index is 0.000255. The monoisotopic (exact) mass is 317 g/mol. The Morgan fingerprint density at radius 1 is 1.50 bits per heavy atom. The van der Waals surface area contributed by atoms with Gasteiger partial charge in [0.15, 0.2) is 0 Å². The number of carbonyl (C=O) groups excluding carboxylic acids is 1. The van der Waals surface area contributed by atoms with Crippen molar-refractivity contribution in [1.82, 2.24) is 14.5 Å². The Morgan fingerprint density at radius 2 is 2.20 bits per heavy atom. The number of likely N-dealkylation sites (N-methyl/N-ethyl adjacent to an activating group) is 1. The normalized spacial score (nSPS) is 11.1. The molecule has 108 valence electrons. The molecule has 2 aromatic rings. The molecule has 20 heavy (non-hydrogen) atoms. The zero-order valence-corrected chi connectivity index (χ0v) is 12.7. The van der Waals surface area contributed by atoms with E-state index in [2.05, 4.69) is 4.98 Å². The van der Waals surface area contributed by atoms with Crippen molar-refractivity contribution in [1.29, 1.82) is 0 Å². The molecule has 4 nitrogen and oxygen atoms in total. The van der Waals surface area contributed by atoms with Crippen LogP contribution in [0.2, 0.25) is 5.02 Å². The summed E-state index contributed by atoms with van der Waals surface area (Å²) in [5.74, 6) is 0.0178. The second-order valence-corrected chi connectivity index (χ2v) is 5.09. The first-order valence-corrected chi connectivity index (χ1v) is 7.03. The number of nitrogens with zero attached hydrogens (tertiary/aromatic N) is 3. The molecule has 7 heteroatoms. The van der Waals surface area contributed by atoms with Crippen LogP contribution in [0.1, 0.15) is 12.7 Å². The Morgan fingerprint density at radius 3 is 2.80 bits per heavy atom. The van der Waals surface area contributed by atoms with E-state index in [0.29, 0.717) is 23.4 Å². The van der Waals surface area contributed by atoms with Crippen molar-refractivity contribution in [2.24, 2.45) is 0 Å². The molecule has 0 atom stereocenters. The number of aromatic nitrogens is 2. The van der Waals surface area contributed by atoms with Gasteiger partial charge in [-0.05, 0) is 13.0 Å². The van der Waals surface area contributed by atoms with Gasteiger partial charge in [0.1, 0.15) is 18.2 Å². The second kappa shape index (κ2) is 5.97. The zero-order chi connectivity index (χ0) is 14.9. The first-order chi connectivity index (χ1) is 9.47. The lowest BCUT2D eigenvalue weighted by Crippen LogP contribution is -2.30. The van der Waals surface area contributed by atoms with Gasteiger partial charge < -0.3 is 9.47 Å². The van der Waals surface area contributed by atoms with Crippen LogP contribution < -0.4 is 0 Å². The smallest absolute Gasteiger partial charge is 0.242 e. The quantitative estimate of drug-likeness (QED) is 0.813. The van der Waals surface area contributed by atoms with Crippen molar-refractivity contribution in [3.63, 3.8) is 0 Å². The Labute approximate surface area is 126 Å². The van der Waals surface area contributed by atoms with Crippen LogP contribution in [0.25, 0.3) is 11.0 Å². The molecule has 0 saturated heterocycles. The summed E-state index contributed by atoms with van der Waals surface area (Å²) >= 11 is 11.6. The number of alkyl halides is 1. The minimum Gasteiger partial charge on any atom is -0.344 e. The van der Waals surface area contributed by atoms with Crippen LogP contribution in [-0.2, 0) is 17.2 Å². The van der Waals surface area contributed by atoms with Gasteiger partial charge >= 0.3 is 0 Å². The summed E-state index contributed by atoms with van der Waals surface area (Å²) < 4.78 is 15.2. The van der Waals surface area contributed by atoms with Crippen LogP contribution in [0.15, 0.2) is 12.1 Å². The predicted molar refractivity (Wildman–Crippen MR) is 77.6 cm³/mol. The fourth-order valence-corrected chi connectivity index (χ4v) is 2.24. The van der Waals surface area contributed by atoms with Crippen molar-refractivity contribution in [3.05, 3.63) is 28.8 Å². The van der Waals surface area contributed by atoms with Gasteiger partial charge in [-0.25, -0.2) is 9.37 Å². The third-order valence-electron chi connectivity index (χ3n) is 3.18. The van der Waals surface area contributed by atoms with Crippen LogP contribution in [0, 0.1) is 5.82 Å². The summed E-state index contributed by atoms with van der Waals surface area (Å²) in [6, 6.07) is 2.72. The van der Waals surface area contributed by atoms with Gasteiger partial charge in [0.05, 0.1) is 21.9 Å². The van der Waals surface area contributed by atoms with Gasteiger partial charge in [-0.2, -0.15) is 0 Å². The molecule has 0 aliphatic carbocycles. The third-order valence-corrected chi connectivity index (χ3v) is 3.71. The predicted octanol–water partition coefficient (Wildman–Crippen LogP) is 3.05. The maximum atomic E-state index is 13.6. The van der Waals surface area contributed by atoms with Crippen LogP contribution >= 0.6 is 23.2 Å². The fourth-order valence-electron chi connectivity index (χ4n) is 1.88. The minimum atomic E-state index is -0.544. The summed E-state index contributed by atoms with van der Waals surface area (Å²) in [5, 5.41) is 0.000255. The van der Waals surface area contributed by atoms with Crippen LogP contribution in [0.5, 0.6) is 0 Å². The number of hydrogen-bond donors (Lipinski definition) is 0. The van der Waals surface area contributed by atoms with E-state index >= 15 is 0 Å². The number of amides is 1. The molecule has 0 spiro atoms. The number of hydrogen-bond acceptors (Lipinski definition) is 2. The summed E-state index contributed by atoms with van der Waals surface area (Å²) in [7, 11) is 1.71. The number of carbonyl (C=O) groups is 1. The Balaban J connectivity index is 2.50. The van der Waals surface area contributed by atoms with Gasteiger partial charge in [-0.1, -0.05) is 11.6 Å². The molecule has 0 saturated carbocycles. The molecular weight excluding hydrogens is 304 g/mol. The molecule has 1 amide bonds. The number of fused-ring (bicyclic) bond motifs is 1. The molecule has 0 radical (unpaired) electrons. The molecule has 0 aliphatic rings. The number of benzene rings is 1. The van der Waals surface area contributed by atoms with E-state index in [1.54, 1.807) is 16.5 Å². The summed E-state index contributed by atoms with van der Waals surface area (Å²) in [6.45, 7) is 2.55. The van der Waals surface area contributed by atoms with E-state index in [9.17, 15) is 9.18 Å². The SMILES string of the molecule is CCN(C)C(=O)Cn1c(CCl)nc2cc(Cl)c(F)cc21. The van der Waals surface area contributed by atoms with E-state index in [1.807, 2.05) is 6.92 Å². The average molecular weight is 318 g/mol. The lowest BCUT2D eigenvalue weighted by atomic mass is 10.3. The first-order valence-electron chi connectivity index (χ1n) is 6.12. The average Bonchev–Trinajstić information content (AvgIpc) is 2.76. The first kappa shape index (κ1) is 15.1. The highest BCUT2D eigenvalue weighted by Gasteiger charge is 2.16. The second-order valence-electron chi connectivity index (χ2n) is 4.41. The van der Waals surface area contributed by atoms with Gasteiger partial charge in [0.25, 0.3) is 0 Å². The standard InChI is InChI=1S/C13H14Cl2FN3O/c1-3-18(2)13(20)7-19-11-5-9(16)8(15)4-10(11)17-12(19)6-14/h4-5H,3,6-7H2,1-2H3. The van der Waals surface area contributed by atoms with Crippen molar-refractivity contribution in [2.75, 3.05) is 13.6 Å². The maximum Gasteiger partial charge on any atom is 0.242 e. The van der Waals surface area contributed by atoms with Gasteiger partial charge in [-0.15, -0.1) is 11.6 Å². The lowest BCUT2D eigenvalue weighted by Gasteiger charge is -2.16. The number of rotatable bonds is 4. The molecule has 1 aromatic carbocycles. The summed E-state index contributed by atoms with van der Waals surface area (Å²) in [6.07, 6.45) is 0. The molecule has 1 aromatic heterocycles. The molecule has 0 bridgehead atoms. The van der Waals surface area contributed by atoms with Crippen molar-refractivity contribution in [2.45, 2.75) is 19.3 Å². The highest BCUT2D eigenvalue weighted by molar-refractivity contribution is 6.31. The molecular formula is C13H14Cl2FN3O. The molecule has 0 aliphatic heterocycles. The number of imidazole rings is 1.